The van der Waals surface area contributed by atoms with Crippen molar-refractivity contribution < 1.29 is 4.74 Å². The van der Waals surface area contributed by atoms with E-state index in [9.17, 15) is 0 Å². The molecule has 0 amide bonds. The normalized spacial score (nSPS) is 30.6. The first kappa shape index (κ1) is 11.4. The third-order valence-corrected chi connectivity index (χ3v) is 3.28. The highest BCUT2D eigenvalue weighted by molar-refractivity contribution is 5.21. The maximum atomic E-state index is 6.06. The van der Waals surface area contributed by atoms with Crippen LogP contribution >= 0.6 is 0 Å². The lowest BCUT2D eigenvalue weighted by Gasteiger charge is -2.21. The average Bonchev–Trinajstić information content (AvgIpc) is 2.58. The molecule has 0 aliphatic carbocycles. The van der Waals surface area contributed by atoms with Crippen LogP contribution in [0.5, 0.6) is 0 Å². The Bertz CT molecular complexity index is 374. The molecule has 1 aromatic carbocycles. The fraction of sp³-hybridized carbons (Fsp3) is 0.429. The van der Waals surface area contributed by atoms with Crippen molar-refractivity contribution in [3.8, 4) is 0 Å². The molecule has 0 bridgehead atoms. The minimum Gasteiger partial charge on any atom is -0.350 e. The zero-order valence-corrected chi connectivity index (χ0v) is 10.2. The molecule has 0 unspecified atom stereocenters. The first-order valence-corrected chi connectivity index (χ1v) is 5.69. The molecule has 86 valence electrons. The van der Waals surface area contributed by atoms with Gasteiger partial charge in [0.1, 0.15) is 12.3 Å². The van der Waals surface area contributed by atoms with Crippen LogP contribution in [0.15, 0.2) is 42.5 Å². The molecule has 1 saturated heterocycles. The van der Waals surface area contributed by atoms with E-state index in [0.29, 0.717) is 6.04 Å². The van der Waals surface area contributed by atoms with Crippen molar-refractivity contribution in [2.24, 2.45) is 0 Å². The maximum absolute atomic E-state index is 6.06. The van der Waals surface area contributed by atoms with Gasteiger partial charge in [0.05, 0.1) is 0 Å². The predicted molar refractivity (Wildman–Crippen MR) is 66.1 cm³/mol. The van der Waals surface area contributed by atoms with Crippen LogP contribution < -0.4 is 0 Å². The predicted octanol–water partition coefficient (Wildman–Crippen LogP) is 2.98. The van der Waals surface area contributed by atoms with Gasteiger partial charge in [0, 0.05) is 6.04 Å². The molecule has 2 nitrogen and oxygen atoms in total. The summed E-state index contributed by atoms with van der Waals surface area (Å²) in [5.41, 5.74) is 2.30. The number of hydrogen-bond donors (Lipinski definition) is 0. The minimum atomic E-state index is 0.0419. The number of hydrogen-bond acceptors (Lipinski definition) is 2. The molecule has 1 aliphatic heterocycles. The summed E-state index contributed by atoms with van der Waals surface area (Å²) in [6.07, 6.45) is 0.188. The third kappa shape index (κ3) is 1.91. The van der Waals surface area contributed by atoms with E-state index in [4.69, 9.17) is 4.74 Å². The first-order valence-electron chi connectivity index (χ1n) is 5.69. The van der Waals surface area contributed by atoms with Crippen molar-refractivity contribution in [1.82, 2.24) is 4.90 Å². The van der Waals surface area contributed by atoms with Gasteiger partial charge in [0.2, 0.25) is 0 Å². The van der Waals surface area contributed by atoms with Gasteiger partial charge >= 0.3 is 0 Å². The van der Waals surface area contributed by atoms with Crippen molar-refractivity contribution in [2.75, 3.05) is 7.05 Å². The van der Waals surface area contributed by atoms with Crippen LogP contribution in [0.25, 0.3) is 0 Å². The number of benzene rings is 1. The molecule has 16 heavy (non-hydrogen) atoms. The monoisotopic (exact) mass is 217 g/mol. The van der Waals surface area contributed by atoms with Crippen LogP contribution in [-0.4, -0.2) is 24.2 Å². The summed E-state index contributed by atoms with van der Waals surface area (Å²) in [5.74, 6) is 0. The molecule has 1 heterocycles. The summed E-state index contributed by atoms with van der Waals surface area (Å²) in [7, 11) is 2.09. The highest BCUT2D eigenvalue weighted by atomic mass is 16.5. The van der Waals surface area contributed by atoms with E-state index in [2.05, 4.69) is 49.7 Å². The topological polar surface area (TPSA) is 12.5 Å². The lowest BCUT2D eigenvalue weighted by molar-refractivity contribution is 0.0331. The van der Waals surface area contributed by atoms with Crippen LogP contribution in [0.1, 0.15) is 25.5 Å². The van der Waals surface area contributed by atoms with Crippen LogP contribution in [0, 0.1) is 0 Å². The van der Waals surface area contributed by atoms with E-state index in [1.165, 1.54) is 5.56 Å². The van der Waals surface area contributed by atoms with Crippen LogP contribution in [-0.2, 0) is 4.74 Å². The van der Waals surface area contributed by atoms with Gasteiger partial charge < -0.3 is 4.74 Å². The summed E-state index contributed by atoms with van der Waals surface area (Å²) < 4.78 is 6.06. The van der Waals surface area contributed by atoms with Gasteiger partial charge in [-0.1, -0.05) is 36.9 Å². The average molecular weight is 217 g/mol. The SMILES string of the molecule is C=C(C)[C@@H]1O[C@H](c2ccccc2)[C@H](C)N1C. The zero-order chi connectivity index (χ0) is 11.7. The van der Waals surface area contributed by atoms with E-state index in [-0.39, 0.29) is 12.3 Å². The molecule has 0 aromatic heterocycles. The van der Waals surface area contributed by atoms with Gasteiger partial charge in [-0.05, 0) is 32.0 Å². The smallest absolute Gasteiger partial charge is 0.133 e. The largest absolute Gasteiger partial charge is 0.350 e. The fourth-order valence-corrected chi connectivity index (χ4v) is 2.24. The second-order valence-corrected chi connectivity index (χ2v) is 4.57. The molecule has 1 aliphatic rings. The summed E-state index contributed by atoms with van der Waals surface area (Å²) in [6, 6.07) is 10.8. The molecule has 1 aromatic rings. The number of nitrogens with zero attached hydrogens (tertiary/aromatic N) is 1. The summed E-state index contributed by atoms with van der Waals surface area (Å²) in [6.45, 7) is 8.19. The molecular formula is C14H19NO. The Labute approximate surface area is 97.5 Å². The first-order chi connectivity index (χ1) is 7.61. The zero-order valence-electron chi connectivity index (χ0n) is 10.2. The van der Waals surface area contributed by atoms with Crippen molar-refractivity contribution in [3.05, 3.63) is 48.0 Å². The highest BCUT2D eigenvalue weighted by Crippen LogP contribution is 2.35. The Hall–Kier alpha value is -1.12. The maximum Gasteiger partial charge on any atom is 0.133 e. The Balaban J connectivity index is 2.23. The van der Waals surface area contributed by atoms with Gasteiger partial charge in [-0.2, -0.15) is 0 Å². The van der Waals surface area contributed by atoms with Gasteiger partial charge in [-0.3, -0.25) is 4.90 Å². The quantitative estimate of drug-likeness (QED) is 0.706. The summed E-state index contributed by atoms with van der Waals surface area (Å²) >= 11 is 0. The molecule has 2 heteroatoms. The number of likely N-dealkylation sites (N-methyl/N-ethyl adjacent to an activating group) is 1. The molecule has 0 spiro atoms. The Morgan fingerprint density at radius 2 is 1.94 bits per heavy atom. The van der Waals surface area contributed by atoms with E-state index in [0.717, 1.165) is 5.57 Å². The second-order valence-electron chi connectivity index (χ2n) is 4.57. The third-order valence-electron chi connectivity index (χ3n) is 3.28. The highest BCUT2D eigenvalue weighted by Gasteiger charge is 2.37. The van der Waals surface area contributed by atoms with E-state index >= 15 is 0 Å². The van der Waals surface area contributed by atoms with Crippen molar-refractivity contribution >= 4 is 0 Å². The Kier molecular flexibility index (Phi) is 3.13. The molecule has 2 rings (SSSR count). The van der Waals surface area contributed by atoms with Crippen LogP contribution in [0.2, 0.25) is 0 Å². The molecule has 0 radical (unpaired) electrons. The van der Waals surface area contributed by atoms with Gasteiger partial charge in [-0.15, -0.1) is 0 Å². The fourth-order valence-electron chi connectivity index (χ4n) is 2.24. The van der Waals surface area contributed by atoms with Gasteiger partial charge in [0.15, 0.2) is 0 Å². The molecule has 1 fully saturated rings. The van der Waals surface area contributed by atoms with Gasteiger partial charge in [0.25, 0.3) is 0 Å². The Morgan fingerprint density at radius 3 is 2.44 bits per heavy atom. The van der Waals surface area contributed by atoms with E-state index < -0.39 is 0 Å². The summed E-state index contributed by atoms with van der Waals surface area (Å²) in [5, 5.41) is 0. The van der Waals surface area contributed by atoms with E-state index in [1.807, 2.05) is 13.0 Å². The standard InChI is InChI=1S/C14H19NO/c1-10(2)14-15(4)11(3)13(16-14)12-8-6-5-7-9-12/h5-9,11,13-14H,1H2,2-4H3/t11-,13-,14-/m0/s1. The molecule has 3 atom stereocenters. The molecule has 0 saturated carbocycles. The lowest BCUT2D eigenvalue weighted by atomic mass is 10.0. The van der Waals surface area contributed by atoms with Crippen molar-refractivity contribution in [2.45, 2.75) is 32.2 Å². The number of rotatable bonds is 2. The van der Waals surface area contributed by atoms with E-state index in [1.54, 1.807) is 0 Å². The molecule has 0 N–H and O–H groups in total. The summed E-state index contributed by atoms with van der Waals surface area (Å²) in [4.78, 5) is 2.24. The molecular weight excluding hydrogens is 198 g/mol. The van der Waals surface area contributed by atoms with Crippen molar-refractivity contribution in [3.63, 3.8) is 0 Å². The van der Waals surface area contributed by atoms with Crippen LogP contribution in [0.3, 0.4) is 0 Å². The van der Waals surface area contributed by atoms with Gasteiger partial charge in [-0.25, -0.2) is 0 Å². The Morgan fingerprint density at radius 1 is 1.31 bits per heavy atom. The van der Waals surface area contributed by atoms with Crippen molar-refractivity contribution in [1.29, 1.82) is 0 Å². The number of ether oxygens (including phenoxy) is 1. The lowest BCUT2D eigenvalue weighted by Crippen LogP contribution is -2.32. The minimum absolute atomic E-state index is 0.0419. The second kappa shape index (κ2) is 4.40. The van der Waals surface area contributed by atoms with Crippen LogP contribution in [0.4, 0.5) is 0 Å².